The largest absolute Gasteiger partial charge is 0.394 e. The van der Waals surface area contributed by atoms with E-state index in [0.717, 1.165) is 32.1 Å². The van der Waals surface area contributed by atoms with E-state index in [1.54, 1.807) is 0 Å². The molecule has 4 N–H and O–H groups in total. The molecule has 0 aliphatic heterocycles. The monoisotopic (exact) mass is 778 g/mol. The van der Waals surface area contributed by atoms with Crippen molar-refractivity contribution in [1.82, 2.24) is 5.32 Å². The van der Waals surface area contributed by atoms with Gasteiger partial charge in [0, 0.05) is 0 Å². The Kier molecular flexibility index (Phi) is 45.0. The lowest BCUT2D eigenvalue weighted by Crippen LogP contribution is -2.49. The minimum absolute atomic E-state index is 0.312. The van der Waals surface area contributed by atoms with Crippen molar-refractivity contribution in [2.45, 2.75) is 295 Å². The molecule has 0 saturated heterocycles. The molecule has 0 rings (SSSR count). The lowest BCUT2D eigenvalue weighted by molar-refractivity contribution is -0.131. The molecule has 1 amide bonds. The Balaban J connectivity index is 3.57. The predicted molar refractivity (Wildman–Crippen MR) is 241 cm³/mol. The fourth-order valence-electron chi connectivity index (χ4n) is 7.95. The maximum absolute atomic E-state index is 12.5. The lowest BCUT2D eigenvalue weighted by atomic mass is 10.0. The number of unbranched alkanes of at least 4 members (excludes halogenated alkanes) is 36. The zero-order chi connectivity index (χ0) is 40.1. The van der Waals surface area contributed by atoms with Crippen molar-refractivity contribution in [3.05, 3.63) is 12.2 Å². The zero-order valence-corrected chi connectivity index (χ0v) is 37.3. The SMILES string of the molecule is CCCCCCCCCCCCCC/C=C\CCCCCCCCCC(O)C(=O)NC(CO)C(O)CCCCCCCCCCCCCCCCCCCC. The van der Waals surface area contributed by atoms with E-state index in [1.807, 2.05) is 0 Å². The topological polar surface area (TPSA) is 89.8 Å². The number of allylic oxidation sites excluding steroid dienone is 2. The van der Waals surface area contributed by atoms with E-state index in [1.165, 1.54) is 218 Å². The molecule has 0 aromatic heterocycles. The number of hydrogen-bond acceptors (Lipinski definition) is 4. The van der Waals surface area contributed by atoms with Gasteiger partial charge in [-0.2, -0.15) is 0 Å². The fourth-order valence-corrected chi connectivity index (χ4v) is 7.95. The number of carbonyl (C=O) groups excluding carboxylic acids is 1. The van der Waals surface area contributed by atoms with Gasteiger partial charge in [-0.05, 0) is 38.5 Å². The molecular weight excluding hydrogens is 679 g/mol. The summed E-state index contributed by atoms with van der Waals surface area (Å²) in [6.07, 6.45) is 55.1. The summed E-state index contributed by atoms with van der Waals surface area (Å²) in [5, 5.41) is 33.4. The van der Waals surface area contributed by atoms with Crippen LogP contribution in [0.3, 0.4) is 0 Å². The normalized spacial score (nSPS) is 13.5. The van der Waals surface area contributed by atoms with Crippen LogP contribution in [0, 0.1) is 0 Å². The van der Waals surface area contributed by atoms with E-state index < -0.39 is 24.2 Å². The maximum Gasteiger partial charge on any atom is 0.249 e. The van der Waals surface area contributed by atoms with Crippen LogP contribution in [0.25, 0.3) is 0 Å². The lowest BCUT2D eigenvalue weighted by Gasteiger charge is -2.23. The van der Waals surface area contributed by atoms with E-state index in [9.17, 15) is 20.1 Å². The average molecular weight is 778 g/mol. The minimum Gasteiger partial charge on any atom is -0.394 e. The summed E-state index contributed by atoms with van der Waals surface area (Å²) in [6.45, 7) is 4.26. The second-order valence-electron chi connectivity index (χ2n) is 17.4. The standard InChI is InChI=1S/C50H99NO4/c1-3-5-7-9-11-13-15-17-19-21-23-24-25-26-27-29-31-33-35-37-39-41-43-45-49(54)50(55)51-47(46-52)48(53)44-42-40-38-36-34-32-30-28-22-20-18-16-14-12-10-8-6-4-2/h26-27,47-49,52-54H,3-25,28-46H2,1-2H3,(H,51,55)/b27-26-. The van der Waals surface area contributed by atoms with E-state index in [0.29, 0.717) is 12.8 Å². The Morgan fingerprint density at radius 1 is 0.418 bits per heavy atom. The van der Waals surface area contributed by atoms with Gasteiger partial charge in [0.25, 0.3) is 0 Å². The van der Waals surface area contributed by atoms with Crippen LogP contribution < -0.4 is 5.32 Å². The van der Waals surface area contributed by atoms with E-state index in [-0.39, 0.29) is 6.61 Å². The molecule has 0 aliphatic rings. The van der Waals surface area contributed by atoms with E-state index >= 15 is 0 Å². The molecule has 3 atom stereocenters. The van der Waals surface area contributed by atoms with Gasteiger partial charge in [0.2, 0.25) is 5.91 Å². The van der Waals surface area contributed by atoms with Gasteiger partial charge < -0.3 is 20.6 Å². The van der Waals surface area contributed by atoms with Crippen LogP contribution in [-0.4, -0.2) is 46.1 Å². The molecule has 328 valence electrons. The van der Waals surface area contributed by atoms with Crippen LogP contribution in [0.5, 0.6) is 0 Å². The zero-order valence-electron chi connectivity index (χ0n) is 37.3. The van der Waals surface area contributed by atoms with Crippen molar-refractivity contribution >= 4 is 5.91 Å². The number of amides is 1. The number of nitrogens with one attached hydrogen (secondary N) is 1. The Morgan fingerprint density at radius 3 is 1.00 bits per heavy atom. The molecule has 0 aliphatic carbocycles. The number of aliphatic hydroxyl groups is 3. The van der Waals surface area contributed by atoms with Gasteiger partial charge in [0.1, 0.15) is 6.10 Å². The molecule has 5 nitrogen and oxygen atoms in total. The summed E-state index contributed by atoms with van der Waals surface area (Å²) in [4.78, 5) is 12.5. The molecular formula is C50H99NO4. The molecule has 0 aromatic rings. The van der Waals surface area contributed by atoms with E-state index in [4.69, 9.17) is 0 Å². The number of carbonyl (C=O) groups is 1. The van der Waals surface area contributed by atoms with Crippen molar-refractivity contribution in [3.63, 3.8) is 0 Å². The first-order valence-electron chi connectivity index (χ1n) is 25.0. The highest BCUT2D eigenvalue weighted by Crippen LogP contribution is 2.17. The summed E-state index contributed by atoms with van der Waals surface area (Å²) >= 11 is 0. The van der Waals surface area contributed by atoms with E-state index in [2.05, 4.69) is 31.3 Å². The van der Waals surface area contributed by atoms with Gasteiger partial charge in [0.05, 0.1) is 18.8 Å². The third kappa shape index (κ3) is 41.1. The molecule has 5 heteroatoms. The van der Waals surface area contributed by atoms with Crippen molar-refractivity contribution in [1.29, 1.82) is 0 Å². The third-order valence-electron chi connectivity index (χ3n) is 11.9. The molecule has 0 fully saturated rings. The number of rotatable bonds is 46. The average Bonchev–Trinajstić information content (AvgIpc) is 3.19. The second-order valence-corrected chi connectivity index (χ2v) is 17.4. The summed E-state index contributed by atoms with van der Waals surface area (Å²) in [5.74, 6) is -0.470. The Hall–Kier alpha value is -0.910. The Bertz CT molecular complexity index is 773. The van der Waals surface area contributed by atoms with Gasteiger partial charge in [-0.3, -0.25) is 4.79 Å². The van der Waals surface area contributed by atoms with Crippen LogP contribution in [0.2, 0.25) is 0 Å². The van der Waals surface area contributed by atoms with Crippen LogP contribution in [0.1, 0.15) is 277 Å². The number of hydrogen-bond donors (Lipinski definition) is 4. The first-order valence-corrected chi connectivity index (χ1v) is 25.0. The first kappa shape index (κ1) is 54.1. The highest BCUT2D eigenvalue weighted by Gasteiger charge is 2.23. The van der Waals surface area contributed by atoms with Crippen molar-refractivity contribution in [2.75, 3.05) is 6.61 Å². The van der Waals surface area contributed by atoms with Crippen LogP contribution in [-0.2, 0) is 4.79 Å². The van der Waals surface area contributed by atoms with Crippen LogP contribution in [0.15, 0.2) is 12.2 Å². The molecule has 0 radical (unpaired) electrons. The maximum atomic E-state index is 12.5. The molecule has 3 unspecified atom stereocenters. The molecule has 0 aromatic carbocycles. The van der Waals surface area contributed by atoms with Crippen LogP contribution in [0.4, 0.5) is 0 Å². The Morgan fingerprint density at radius 2 is 0.691 bits per heavy atom. The third-order valence-corrected chi connectivity index (χ3v) is 11.9. The van der Waals surface area contributed by atoms with Crippen molar-refractivity contribution in [2.24, 2.45) is 0 Å². The van der Waals surface area contributed by atoms with Crippen molar-refractivity contribution in [3.8, 4) is 0 Å². The minimum atomic E-state index is -1.08. The van der Waals surface area contributed by atoms with Gasteiger partial charge in [-0.15, -0.1) is 0 Å². The quantitative estimate of drug-likeness (QED) is 0.0366. The fraction of sp³-hybridized carbons (Fsp3) is 0.940. The molecule has 0 saturated carbocycles. The molecule has 55 heavy (non-hydrogen) atoms. The predicted octanol–water partition coefficient (Wildman–Crippen LogP) is 14.8. The highest BCUT2D eigenvalue weighted by molar-refractivity contribution is 5.80. The van der Waals surface area contributed by atoms with Gasteiger partial charge >= 0.3 is 0 Å². The summed E-state index contributed by atoms with van der Waals surface area (Å²) < 4.78 is 0. The summed E-state index contributed by atoms with van der Waals surface area (Å²) in [7, 11) is 0. The molecule has 0 spiro atoms. The number of aliphatic hydroxyl groups excluding tert-OH is 3. The second kappa shape index (κ2) is 45.8. The van der Waals surface area contributed by atoms with Gasteiger partial charge in [0.15, 0.2) is 0 Å². The summed E-state index contributed by atoms with van der Waals surface area (Å²) in [6, 6.07) is -0.711. The smallest absolute Gasteiger partial charge is 0.249 e. The Labute approximate surface area is 344 Å². The first-order chi connectivity index (χ1) is 27.1. The van der Waals surface area contributed by atoms with Gasteiger partial charge in [-0.25, -0.2) is 0 Å². The van der Waals surface area contributed by atoms with Crippen molar-refractivity contribution < 1.29 is 20.1 Å². The van der Waals surface area contributed by atoms with Gasteiger partial charge in [-0.1, -0.05) is 251 Å². The molecule has 0 bridgehead atoms. The van der Waals surface area contributed by atoms with Crippen LogP contribution >= 0.6 is 0 Å². The summed E-state index contributed by atoms with van der Waals surface area (Å²) in [5.41, 5.74) is 0. The highest BCUT2D eigenvalue weighted by atomic mass is 16.3. The molecule has 0 heterocycles.